The summed E-state index contributed by atoms with van der Waals surface area (Å²) in [5.41, 5.74) is 6.19. The molecule has 0 aliphatic rings. The third kappa shape index (κ3) is 2.73. The number of methoxy groups -OCH3 is 1. The number of anilines is 1. The monoisotopic (exact) mass is 222 g/mol. The molecule has 0 saturated heterocycles. The standard InChI is InChI=1S/C12H18N2O2/c1-3-14(12(15)8-9-13)10-6-4-5-7-11(10)16-2/h4-7H,3,8-9,13H2,1-2H3. The van der Waals surface area contributed by atoms with Crippen molar-refractivity contribution >= 4 is 11.6 Å². The Morgan fingerprint density at radius 2 is 2.12 bits per heavy atom. The molecule has 0 aliphatic carbocycles. The Balaban J connectivity index is 2.98. The molecule has 0 unspecified atom stereocenters. The lowest BCUT2D eigenvalue weighted by Gasteiger charge is -2.22. The average molecular weight is 222 g/mol. The highest BCUT2D eigenvalue weighted by molar-refractivity contribution is 5.94. The van der Waals surface area contributed by atoms with Crippen molar-refractivity contribution in [2.75, 3.05) is 25.1 Å². The number of carbonyl (C=O) groups excluding carboxylic acids is 1. The molecule has 0 atom stereocenters. The van der Waals surface area contributed by atoms with E-state index in [1.165, 1.54) is 0 Å². The van der Waals surface area contributed by atoms with Crippen molar-refractivity contribution in [1.82, 2.24) is 0 Å². The Hall–Kier alpha value is -1.55. The fourth-order valence-electron chi connectivity index (χ4n) is 1.59. The van der Waals surface area contributed by atoms with Gasteiger partial charge in [0.25, 0.3) is 0 Å². The predicted octanol–water partition coefficient (Wildman–Crippen LogP) is 1.40. The van der Waals surface area contributed by atoms with Crippen LogP contribution in [-0.4, -0.2) is 26.1 Å². The van der Waals surface area contributed by atoms with Crippen molar-refractivity contribution in [1.29, 1.82) is 0 Å². The first-order valence-electron chi connectivity index (χ1n) is 5.38. The van der Waals surface area contributed by atoms with E-state index in [2.05, 4.69) is 0 Å². The Labute approximate surface area is 96.0 Å². The molecule has 0 heterocycles. The number of nitrogens with two attached hydrogens (primary N) is 1. The molecular weight excluding hydrogens is 204 g/mol. The number of rotatable bonds is 5. The molecule has 0 spiro atoms. The van der Waals surface area contributed by atoms with Gasteiger partial charge in [0.05, 0.1) is 12.8 Å². The molecule has 88 valence electrons. The molecule has 1 rings (SSSR count). The normalized spacial score (nSPS) is 9.94. The van der Waals surface area contributed by atoms with Gasteiger partial charge in [0.2, 0.25) is 5.91 Å². The van der Waals surface area contributed by atoms with Crippen molar-refractivity contribution in [3.63, 3.8) is 0 Å². The molecule has 1 aromatic rings. The summed E-state index contributed by atoms with van der Waals surface area (Å²) >= 11 is 0. The van der Waals surface area contributed by atoms with Crippen LogP contribution in [0.15, 0.2) is 24.3 Å². The van der Waals surface area contributed by atoms with E-state index in [-0.39, 0.29) is 5.91 Å². The van der Waals surface area contributed by atoms with Crippen LogP contribution in [0.2, 0.25) is 0 Å². The Kier molecular flexibility index (Phi) is 4.79. The minimum atomic E-state index is 0.0227. The highest BCUT2D eigenvalue weighted by atomic mass is 16.5. The molecular formula is C12H18N2O2. The van der Waals surface area contributed by atoms with Crippen molar-refractivity contribution in [2.24, 2.45) is 5.73 Å². The fraction of sp³-hybridized carbons (Fsp3) is 0.417. The molecule has 4 nitrogen and oxygen atoms in total. The van der Waals surface area contributed by atoms with E-state index in [1.54, 1.807) is 12.0 Å². The zero-order valence-corrected chi connectivity index (χ0v) is 9.77. The maximum absolute atomic E-state index is 11.8. The topological polar surface area (TPSA) is 55.6 Å². The van der Waals surface area contributed by atoms with E-state index in [9.17, 15) is 4.79 Å². The molecule has 0 fully saturated rings. The quantitative estimate of drug-likeness (QED) is 0.819. The molecule has 1 amide bonds. The number of amides is 1. The van der Waals surface area contributed by atoms with Crippen LogP contribution in [0, 0.1) is 0 Å². The van der Waals surface area contributed by atoms with Gasteiger partial charge in [-0.2, -0.15) is 0 Å². The van der Waals surface area contributed by atoms with E-state index in [0.29, 0.717) is 25.3 Å². The zero-order chi connectivity index (χ0) is 12.0. The predicted molar refractivity (Wildman–Crippen MR) is 64.7 cm³/mol. The van der Waals surface area contributed by atoms with Gasteiger partial charge in [-0.15, -0.1) is 0 Å². The first-order valence-corrected chi connectivity index (χ1v) is 5.38. The van der Waals surface area contributed by atoms with Crippen molar-refractivity contribution in [3.05, 3.63) is 24.3 Å². The third-order valence-electron chi connectivity index (χ3n) is 2.35. The summed E-state index contributed by atoms with van der Waals surface area (Å²) in [5.74, 6) is 0.726. The number of hydrogen-bond donors (Lipinski definition) is 1. The van der Waals surface area contributed by atoms with Crippen LogP contribution in [0.1, 0.15) is 13.3 Å². The number of nitrogens with zero attached hydrogens (tertiary/aromatic N) is 1. The largest absolute Gasteiger partial charge is 0.495 e. The number of hydrogen-bond acceptors (Lipinski definition) is 3. The molecule has 0 aromatic heterocycles. The summed E-state index contributed by atoms with van der Waals surface area (Å²) in [7, 11) is 1.60. The van der Waals surface area contributed by atoms with Gasteiger partial charge in [0.15, 0.2) is 0 Å². The molecule has 1 aromatic carbocycles. The maximum Gasteiger partial charge on any atom is 0.228 e. The zero-order valence-electron chi connectivity index (χ0n) is 9.77. The second-order valence-corrected chi connectivity index (χ2v) is 3.35. The Morgan fingerprint density at radius 3 is 2.69 bits per heavy atom. The molecule has 4 heteroatoms. The number of carbonyl (C=O) groups is 1. The fourth-order valence-corrected chi connectivity index (χ4v) is 1.59. The second-order valence-electron chi connectivity index (χ2n) is 3.35. The van der Waals surface area contributed by atoms with Gasteiger partial charge in [-0.3, -0.25) is 4.79 Å². The van der Waals surface area contributed by atoms with Crippen molar-refractivity contribution in [2.45, 2.75) is 13.3 Å². The molecule has 0 aliphatic heterocycles. The lowest BCUT2D eigenvalue weighted by molar-refractivity contribution is -0.118. The summed E-state index contributed by atoms with van der Waals surface area (Å²) in [4.78, 5) is 13.5. The number of para-hydroxylation sites is 2. The van der Waals surface area contributed by atoms with Crippen molar-refractivity contribution in [3.8, 4) is 5.75 Å². The Bertz CT molecular complexity index is 353. The van der Waals surface area contributed by atoms with E-state index < -0.39 is 0 Å². The molecule has 0 bridgehead atoms. The summed E-state index contributed by atoms with van der Waals surface area (Å²) in [6, 6.07) is 7.48. The lowest BCUT2D eigenvalue weighted by atomic mass is 10.2. The number of ether oxygens (including phenoxy) is 1. The van der Waals surface area contributed by atoms with Gasteiger partial charge >= 0.3 is 0 Å². The van der Waals surface area contributed by atoms with E-state index in [0.717, 1.165) is 5.69 Å². The maximum atomic E-state index is 11.8. The van der Waals surface area contributed by atoms with Gasteiger partial charge in [-0.1, -0.05) is 12.1 Å². The second kappa shape index (κ2) is 6.12. The van der Waals surface area contributed by atoms with Crippen LogP contribution in [-0.2, 0) is 4.79 Å². The van der Waals surface area contributed by atoms with Crippen LogP contribution < -0.4 is 15.4 Å². The van der Waals surface area contributed by atoms with Crippen molar-refractivity contribution < 1.29 is 9.53 Å². The number of benzene rings is 1. The molecule has 16 heavy (non-hydrogen) atoms. The van der Waals surface area contributed by atoms with E-state index >= 15 is 0 Å². The summed E-state index contributed by atoms with van der Waals surface area (Å²) < 4.78 is 5.23. The van der Waals surface area contributed by atoms with Gasteiger partial charge in [0.1, 0.15) is 5.75 Å². The SMILES string of the molecule is CCN(C(=O)CCN)c1ccccc1OC. The van der Waals surface area contributed by atoms with Crippen LogP contribution in [0.3, 0.4) is 0 Å². The van der Waals surface area contributed by atoms with Crippen LogP contribution in [0.25, 0.3) is 0 Å². The van der Waals surface area contributed by atoms with Crippen LogP contribution in [0.5, 0.6) is 5.75 Å². The Morgan fingerprint density at radius 1 is 1.44 bits per heavy atom. The van der Waals surface area contributed by atoms with Gasteiger partial charge in [0, 0.05) is 19.5 Å². The van der Waals surface area contributed by atoms with E-state index in [1.807, 2.05) is 31.2 Å². The highest BCUT2D eigenvalue weighted by Gasteiger charge is 2.16. The minimum Gasteiger partial charge on any atom is -0.495 e. The summed E-state index contributed by atoms with van der Waals surface area (Å²) in [6.45, 7) is 2.91. The van der Waals surface area contributed by atoms with Gasteiger partial charge in [-0.05, 0) is 19.1 Å². The molecule has 2 N–H and O–H groups in total. The first kappa shape index (κ1) is 12.5. The molecule has 0 saturated carbocycles. The van der Waals surface area contributed by atoms with Crippen LogP contribution in [0.4, 0.5) is 5.69 Å². The third-order valence-corrected chi connectivity index (χ3v) is 2.35. The van der Waals surface area contributed by atoms with Crippen LogP contribution >= 0.6 is 0 Å². The van der Waals surface area contributed by atoms with Gasteiger partial charge in [-0.25, -0.2) is 0 Å². The molecule has 0 radical (unpaired) electrons. The van der Waals surface area contributed by atoms with E-state index in [4.69, 9.17) is 10.5 Å². The average Bonchev–Trinajstić information content (AvgIpc) is 2.31. The summed E-state index contributed by atoms with van der Waals surface area (Å²) in [5, 5.41) is 0. The highest BCUT2D eigenvalue weighted by Crippen LogP contribution is 2.27. The summed E-state index contributed by atoms with van der Waals surface area (Å²) in [6.07, 6.45) is 0.353. The van der Waals surface area contributed by atoms with Gasteiger partial charge < -0.3 is 15.4 Å². The first-order chi connectivity index (χ1) is 7.74. The lowest BCUT2D eigenvalue weighted by Crippen LogP contribution is -2.32. The minimum absolute atomic E-state index is 0.0227. The smallest absolute Gasteiger partial charge is 0.228 e.